The molecule has 2 atom stereocenters. The molecule has 8 nitrogen and oxygen atoms in total. The first-order chi connectivity index (χ1) is 12.9. The Kier molecular flexibility index (Phi) is 3.78. The number of nitrogens with zero attached hydrogens (tertiary/aromatic N) is 4. The van der Waals surface area contributed by atoms with Gasteiger partial charge >= 0.3 is 5.54 Å². The largest absolute Gasteiger partial charge is 0.399 e. The lowest BCUT2D eigenvalue weighted by Gasteiger charge is -2.27. The van der Waals surface area contributed by atoms with E-state index in [4.69, 9.17) is 11.5 Å². The van der Waals surface area contributed by atoms with Crippen molar-refractivity contribution < 1.29 is 4.92 Å². The van der Waals surface area contributed by atoms with Gasteiger partial charge in [0.1, 0.15) is 6.04 Å². The van der Waals surface area contributed by atoms with Crippen molar-refractivity contribution in [2.75, 3.05) is 0 Å². The lowest BCUT2D eigenvalue weighted by Crippen LogP contribution is -2.51. The Labute approximate surface area is 155 Å². The third-order valence-electron chi connectivity index (χ3n) is 4.88. The number of fused-ring (bicyclic) bond motifs is 1. The molecule has 1 aromatic carbocycles. The van der Waals surface area contributed by atoms with E-state index in [9.17, 15) is 10.1 Å². The van der Waals surface area contributed by atoms with Gasteiger partial charge in [-0.2, -0.15) is 0 Å². The zero-order chi connectivity index (χ0) is 19.2. The van der Waals surface area contributed by atoms with Gasteiger partial charge in [-0.15, -0.1) is 0 Å². The minimum Gasteiger partial charge on any atom is -0.399 e. The van der Waals surface area contributed by atoms with Crippen LogP contribution in [-0.4, -0.2) is 25.5 Å². The van der Waals surface area contributed by atoms with Crippen LogP contribution in [0.1, 0.15) is 5.82 Å². The highest BCUT2D eigenvalue weighted by Crippen LogP contribution is 2.34. The van der Waals surface area contributed by atoms with Crippen LogP contribution >= 0.6 is 0 Å². The number of nitrogens with two attached hydrogens (primary N) is 2. The van der Waals surface area contributed by atoms with Gasteiger partial charge in [0.25, 0.3) is 0 Å². The Bertz CT molecular complexity index is 1120. The molecule has 0 radical (unpaired) electrons. The Morgan fingerprint density at radius 3 is 2.85 bits per heavy atom. The number of nitro groups is 1. The third kappa shape index (κ3) is 2.49. The molecule has 0 amide bonds. The van der Waals surface area contributed by atoms with Gasteiger partial charge in [0, 0.05) is 52.6 Å². The highest BCUT2D eigenvalue weighted by Gasteiger charge is 2.52. The predicted molar refractivity (Wildman–Crippen MR) is 102 cm³/mol. The molecule has 1 aliphatic rings. The van der Waals surface area contributed by atoms with Crippen LogP contribution in [0.2, 0.25) is 0 Å². The summed E-state index contributed by atoms with van der Waals surface area (Å²) in [5.74, 6) is 0.0118. The average molecular weight is 362 g/mol. The van der Waals surface area contributed by atoms with Gasteiger partial charge in [-0.05, 0) is 18.2 Å². The molecule has 0 saturated heterocycles. The zero-order valence-electron chi connectivity index (χ0n) is 14.6. The lowest BCUT2D eigenvalue weighted by atomic mass is 9.85. The standard InChI is InChI=1S/C19H18N6O2/c1-24-11-14(13-4-2-3-5-16(13)24)15-8-9-22-18(23-15)19(25(26)27)10-12(20)6-7-17(19)21/h2-11,17H,20-21H2,1H3. The van der Waals surface area contributed by atoms with E-state index in [2.05, 4.69) is 9.97 Å². The molecule has 2 unspecified atom stereocenters. The van der Waals surface area contributed by atoms with Gasteiger partial charge in [0.05, 0.1) is 5.69 Å². The van der Waals surface area contributed by atoms with Crippen molar-refractivity contribution in [3.05, 3.63) is 82.6 Å². The summed E-state index contributed by atoms with van der Waals surface area (Å²) in [5.41, 5.74) is 12.9. The van der Waals surface area contributed by atoms with Crippen LogP contribution in [0, 0.1) is 10.1 Å². The molecule has 2 heterocycles. The number of allylic oxidation sites excluding steroid dienone is 1. The summed E-state index contributed by atoms with van der Waals surface area (Å²) in [6.45, 7) is 0. The second-order valence-electron chi connectivity index (χ2n) is 6.55. The summed E-state index contributed by atoms with van der Waals surface area (Å²) in [5, 5.41) is 13.0. The number of rotatable bonds is 3. The first kappa shape index (κ1) is 16.9. The van der Waals surface area contributed by atoms with E-state index in [-0.39, 0.29) is 11.5 Å². The van der Waals surface area contributed by atoms with E-state index in [0.717, 1.165) is 16.5 Å². The number of aromatic nitrogens is 3. The van der Waals surface area contributed by atoms with Gasteiger partial charge in [-0.1, -0.05) is 24.3 Å². The van der Waals surface area contributed by atoms with E-state index in [1.54, 1.807) is 12.1 Å². The molecule has 0 aliphatic heterocycles. The maximum atomic E-state index is 12.0. The second-order valence-corrected chi connectivity index (χ2v) is 6.55. The fourth-order valence-corrected chi connectivity index (χ4v) is 3.48. The van der Waals surface area contributed by atoms with Crippen LogP contribution in [0.3, 0.4) is 0 Å². The van der Waals surface area contributed by atoms with Crippen molar-refractivity contribution in [2.45, 2.75) is 11.6 Å². The quantitative estimate of drug-likeness (QED) is 0.541. The fraction of sp³-hybridized carbons (Fsp3) is 0.158. The summed E-state index contributed by atoms with van der Waals surface area (Å²) < 4.78 is 1.99. The smallest absolute Gasteiger partial charge is 0.319 e. The molecule has 4 N–H and O–H groups in total. The Balaban J connectivity index is 1.92. The van der Waals surface area contributed by atoms with Crippen molar-refractivity contribution in [3.8, 4) is 11.3 Å². The number of hydrogen-bond acceptors (Lipinski definition) is 6. The molecule has 27 heavy (non-hydrogen) atoms. The minimum absolute atomic E-state index is 0.0118. The highest BCUT2D eigenvalue weighted by atomic mass is 16.6. The van der Waals surface area contributed by atoms with E-state index in [1.807, 2.05) is 42.1 Å². The molecule has 2 aromatic heterocycles. The maximum absolute atomic E-state index is 12.0. The molecule has 4 rings (SSSR count). The monoisotopic (exact) mass is 362 g/mol. The minimum atomic E-state index is -1.81. The van der Waals surface area contributed by atoms with Gasteiger partial charge < -0.3 is 16.0 Å². The average Bonchev–Trinajstić information content (AvgIpc) is 3.01. The van der Waals surface area contributed by atoms with Crippen molar-refractivity contribution in [1.82, 2.24) is 14.5 Å². The van der Waals surface area contributed by atoms with Gasteiger partial charge in [-0.3, -0.25) is 10.1 Å². The molecule has 0 bridgehead atoms. The molecule has 1 aliphatic carbocycles. The first-order valence-electron chi connectivity index (χ1n) is 8.38. The maximum Gasteiger partial charge on any atom is 0.319 e. The first-order valence-corrected chi connectivity index (χ1v) is 8.38. The van der Waals surface area contributed by atoms with E-state index < -0.39 is 16.5 Å². The number of hydrogen-bond donors (Lipinski definition) is 2. The van der Waals surface area contributed by atoms with Crippen molar-refractivity contribution >= 4 is 10.9 Å². The third-order valence-corrected chi connectivity index (χ3v) is 4.88. The van der Waals surface area contributed by atoms with Crippen LogP contribution in [0.25, 0.3) is 22.2 Å². The molecular weight excluding hydrogens is 344 g/mol. The molecule has 0 spiro atoms. The Morgan fingerprint density at radius 1 is 1.30 bits per heavy atom. The van der Waals surface area contributed by atoms with Gasteiger partial charge in [0.15, 0.2) is 0 Å². The summed E-state index contributed by atoms with van der Waals surface area (Å²) in [4.78, 5) is 20.2. The molecule has 136 valence electrons. The van der Waals surface area contributed by atoms with Crippen LogP contribution in [0.4, 0.5) is 0 Å². The zero-order valence-corrected chi connectivity index (χ0v) is 14.6. The van der Waals surface area contributed by atoms with Crippen LogP contribution < -0.4 is 11.5 Å². The van der Waals surface area contributed by atoms with E-state index in [1.165, 1.54) is 18.3 Å². The Hall–Kier alpha value is -3.52. The summed E-state index contributed by atoms with van der Waals surface area (Å²) in [6, 6.07) is 8.70. The normalized spacial score (nSPS) is 22.0. The fourth-order valence-electron chi connectivity index (χ4n) is 3.48. The summed E-state index contributed by atoms with van der Waals surface area (Å²) in [7, 11) is 1.94. The van der Waals surface area contributed by atoms with Crippen LogP contribution in [-0.2, 0) is 12.6 Å². The van der Waals surface area contributed by atoms with Gasteiger partial charge in [-0.25, -0.2) is 9.97 Å². The second kappa shape index (κ2) is 6.03. The van der Waals surface area contributed by atoms with Crippen molar-refractivity contribution in [3.63, 3.8) is 0 Å². The van der Waals surface area contributed by atoms with Crippen LogP contribution in [0.15, 0.2) is 66.7 Å². The lowest BCUT2D eigenvalue weighted by molar-refractivity contribution is -0.567. The summed E-state index contributed by atoms with van der Waals surface area (Å²) in [6.07, 6.45) is 7.84. The van der Waals surface area contributed by atoms with Crippen molar-refractivity contribution in [1.29, 1.82) is 0 Å². The topological polar surface area (TPSA) is 126 Å². The highest BCUT2D eigenvalue weighted by molar-refractivity contribution is 5.95. The molecule has 8 heteroatoms. The summed E-state index contributed by atoms with van der Waals surface area (Å²) >= 11 is 0. The predicted octanol–water partition coefficient (Wildman–Crippen LogP) is 1.85. The molecular formula is C19H18N6O2. The van der Waals surface area contributed by atoms with E-state index in [0.29, 0.717) is 5.69 Å². The number of para-hydroxylation sites is 1. The Morgan fingerprint density at radius 2 is 2.07 bits per heavy atom. The molecule has 0 fully saturated rings. The number of benzene rings is 1. The number of aryl methyl sites for hydroxylation is 1. The molecule has 0 saturated carbocycles. The van der Waals surface area contributed by atoms with Gasteiger partial charge in [0.2, 0.25) is 5.82 Å². The van der Waals surface area contributed by atoms with Crippen LogP contribution in [0.5, 0.6) is 0 Å². The molecule has 3 aromatic rings. The SMILES string of the molecule is Cn1cc(-c2ccnc(C3([N+](=O)[O-])C=C(N)C=CC3N)n2)c2ccccc21. The van der Waals surface area contributed by atoms with Crippen molar-refractivity contribution in [2.24, 2.45) is 18.5 Å². The van der Waals surface area contributed by atoms with E-state index >= 15 is 0 Å².